The monoisotopic (exact) mass is 266 g/mol. The summed E-state index contributed by atoms with van der Waals surface area (Å²) in [7, 11) is 0. The first-order valence-electron chi connectivity index (χ1n) is 7.91. The summed E-state index contributed by atoms with van der Waals surface area (Å²) in [6, 6.07) is 0.639. The van der Waals surface area contributed by atoms with Gasteiger partial charge in [-0.25, -0.2) is 0 Å². The second-order valence-corrected chi connectivity index (χ2v) is 6.61. The molecule has 2 aliphatic heterocycles. The van der Waals surface area contributed by atoms with Crippen molar-refractivity contribution in [2.24, 2.45) is 11.7 Å². The van der Waals surface area contributed by atoms with Gasteiger partial charge in [-0.3, -0.25) is 4.79 Å². The van der Waals surface area contributed by atoms with Crippen molar-refractivity contribution in [3.05, 3.63) is 0 Å². The summed E-state index contributed by atoms with van der Waals surface area (Å²) >= 11 is 0. The summed E-state index contributed by atoms with van der Waals surface area (Å²) in [5, 5.41) is 3.17. The minimum absolute atomic E-state index is 0.209. The molecule has 2 bridgehead atoms. The third-order valence-corrected chi connectivity index (χ3v) is 5.06. The molecule has 1 saturated carbocycles. The maximum Gasteiger partial charge on any atom is 0.220 e. The zero-order valence-corrected chi connectivity index (χ0v) is 11.6. The second kappa shape index (κ2) is 5.80. The molecule has 0 spiro atoms. The molecule has 3 aliphatic rings. The van der Waals surface area contributed by atoms with Crippen LogP contribution in [0.1, 0.15) is 57.8 Å². The average Bonchev–Trinajstić information content (AvgIpc) is 2.99. The Bertz CT molecular complexity index is 334. The highest BCUT2D eigenvalue weighted by molar-refractivity contribution is 5.76. The maximum absolute atomic E-state index is 12.0. The fraction of sp³-hybridized carbons (Fsp3) is 0.933. The Morgan fingerprint density at radius 2 is 2.11 bits per heavy atom. The van der Waals surface area contributed by atoms with Crippen LogP contribution < -0.4 is 11.1 Å². The van der Waals surface area contributed by atoms with Gasteiger partial charge in [-0.1, -0.05) is 12.8 Å². The van der Waals surface area contributed by atoms with Crippen LogP contribution in [-0.4, -0.2) is 30.2 Å². The van der Waals surface area contributed by atoms with E-state index in [9.17, 15) is 4.79 Å². The van der Waals surface area contributed by atoms with E-state index in [0.29, 0.717) is 24.5 Å². The first kappa shape index (κ1) is 13.4. The number of hydrogen-bond acceptors (Lipinski definition) is 3. The number of fused-ring (bicyclic) bond motifs is 2. The van der Waals surface area contributed by atoms with Gasteiger partial charge in [0.15, 0.2) is 0 Å². The molecule has 3 rings (SSSR count). The van der Waals surface area contributed by atoms with Gasteiger partial charge in [-0.15, -0.1) is 0 Å². The largest absolute Gasteiger partial charge is 0.373 e. The molecule has 108 valence electrons. The minimum atomic E-state index is 0.209. The van der Waals surface area contributed by atoms with E-state index in [1.165, 1.54) is 19.3 Å². The Morgan fingerprint density at radius 1 is 1.21 bits per heavy atom. The van der Waals surface area contributed by atoms with Crippen molar-refractivity contribution in [2.75, 3.05) is 0 Å². The number of amides is 1. The van der Waals surface area contributed by atoms with Crippen molar-refractivity contribution < 1.29 is 9.53 Å². The van der Waals surface area contributed by atoms with Gasteiger partial charge in [-0.2, -0.15) is 0 Å². The molecule has 19 heavy (non-hydrogen) atoms. The molecular formula is C15H26N2O2. The number of rotatable bonds is 4. The van der Waals surface area contributed by atoms with Crippen LogP contribution in [0.4, 0.5) is 0 Å². The van der Waals surface area contributed by atoms with Gasteiger partial charge in [0.2, 0.25) is 5.91 Å². The van der Waals surface area contributed by atoms with Crippen LogP contribution in [0.5, 0.6) is 0 Å². The van der Waals surface area contributed by atoms with Gasteiger partial charge >= 0.3 is 0 Å². The SMILES string of the molecule is NC1CCCC(CCC(=O)NC2CC3CCC2O3)C1. The lowest BCUT2D eigenvalue weighted by molar-refractivity contribution is -0.122. The molecule has 2 saturated heterocycles. The summed E-state index contributed by atoms with van der Waals surface area (Å²) in [4.78, 5) is 12.0. The zero-order valence-electron chi connectivity index (χ0n) is 11.6. The molecule has 0 radical (unpaired) electrons. The van der Waals surface area contributed by atoms with Crippen LogP contribution in [0.25, 0.3) is 0 Å². The Balaban J connectivity index is 1.37. The summed E-state index contributed by atoms with van der Waals surface area (Å²) < 4.78 is 5.76. The lowest BCUT2D eigenvalue weighted by Gasteiger charge is -2.26. The average molecular weight is 266 g/mol. The van der Waals surface area contributed by atoms with Crippen molar-refractivity contribution in [3.63, 3.8) is 0 Å². The number of ether oxygens (including phenoxy) is 1. The number of nitrogens with one attached hydrogen (secondary N) is 1. The molecule has 0 aromatic carbocycles. The summed E-state index contributed by atoms with van der Waals surface area (Å²) in [6.45, 7) is 0. The van der Waals surface area contributed by atoms with Crippen molar-refractivity contribution >= 4 is 5.91 Å². The molecule has 4 nitrogen and oxygen atoms in total. The van der Waals surface area contributed by atoms with E-state index in [4.69, 9.17) is 10.5 Å². The number of carbonyl (C=O) groups excluding carboxylic acids is 1. The van der Waals surface area contributed by atoms with Crippen LogP contribution >= 0.6 is 0 Å². The lowest BCUT2D eigenvalue weighted by Crippen LogP contribution is -2.41. The molecule has 0 aromatic heterocycles. The van der Waals surface area contributed by atoms with Crippen molar-refractivity contribution in [2.45, 2.75) is 82.1 Å². The third kappa shape index (κ3) is 3.29. The Kier molecular flexibility index (Phi) is 4.08. The van der Waals surface area contributed by atoms with Crippen LogP contribution in [0.15, 0.2) is 0 Å². The fourth-order valence-corrected chi connectivity index (χ4v) is 4.00. The van der Waals surface area contributed by atoms with Crippen LogP contribution in [-0.2, 0) is 9.53 Å². The van der Waals surface area contributed by atoms with E-state index in [0.717, 1.165) is 32.1 Å². The van der Waals surface area contributed by atoms with Gasteiger partial charge in [0.1, 0.15) is 0 Å². The highest BCUT2D eigenvalue weighted by atomic mass is 16.5. The predicted octanol–water partition coefficient (Wildman–Crippen LogP) is 1.72. The smallest absolute Gasteiger partial charge is 0.220 e. The van der Waals surface area contributed by atoms with Gasteiger partial charge < -0.3 is 15.8 Å². The fourth-order valence-electron chi connectivity index (χ4n) is 4.00. The molecular weight excluding hydrogens is 240 g/mol. The molecule has 2 heterocycles. The van der Waals surface area contributed by atoms with E-state index in [1.807, 2.05) is 0 Å². The van der Waals surface area contributed by atoms with E-state index < -0.39 is 0 Å². The summed E-state index contributed by atoms with van der Waals surface area (Å²) in [5.41, 5.74) is 5.99. The van der Waals surface area contributed by atoms with Gasteiger partial charge in [-0.05, 0) is 44.4 Å². The first-order valence-corrected chi connectivity index (χ1v) is 7.91. The highest BCUT2D eigenvalue weighted by Gasteiger charge is 2.41. The Morgan fingerprint density at radius 3 is 2.79 bits per heavy atom. The van der Waals surface area contributed by atoms with Crippen LogP contribution in [0.2, 0.25) is 0 Å². The molecule has 3 fully saturated rings. The second-order valence-electron chi connectivity index (χ2n) is 6.61. The van der Waals surface area contributed by atoms with E-state index in [1.54, 1.807) is 0 Å². The van der Waals surface area contributed by atoms with Gasteiger partial charge in [0.25, 0.3) is 0 Å². The normalized spacial score (nSPS) is 41.4. The molecule has 4 heteroatoms. The van der Waals surface area contributed by atoms with E-state index in [-0.39, 0.29) is 18.1 Å². The molecule has 1 amide bonds. The predicted molar refractivity (Wildman–Crippen MR) is 73.6 cm³/mol. The first-order chi connectivity index (χ1) is 9.20. The minimum Gasteiger partial charge on any atom is -0.373 e. The quantitative estimate of drug-likeness (QED) is 0.814. The van der Waals surface area contributed by atoms with E-state index >= 15 is 0 Å². The molecule has 5 atom stereocenters. The molecule has 0 aromatic rings. The number of hydrogen-bond donors (Lipinski definition) is 2. The summed E-state index contributed by atoms with van der Waals surface area (Å²) in [6.07, 6.45) is 10.4. The highest BCUT2D eigenvalue weighted by Crippen LogP contribution is 2.34. The maximum atomic E-state index is 12.0. The molecule has 5 unspecified atom stereocenters. The molecule has 1 aliphatic carbocycles. The zero-order chi connectivity index (χ0) is 13.2. The Hall–Kier alpha value is -0.610. The van der Waals surface area contributed by atoms with Gasteiger partial charge in [0.05, 0.1) is 18.2 Å². The number of carbonyl (C=O) groups is 1. The van der Waals surface area contributed by atoms with Gasteiger partial charge in [0, 0.05) is 12.5 Å². The number of nitrogens with two attached hydrogens (primary N) is 1. The van der Waals surface area contributed by atoms with E-state index in [2.05, 4.69) is 5.32 Å². The van der Waals surface area contributed by atoms with Crippen LogP contribution in [0, 0.1) is 5.92 Å². The topological polar surface area (TPSA) is 64.4 Å². The lowest BCUT2D eigenvalue weighted by atomic mass is 9.83. The third-order valence-electron chi connectivity index (χ3n) is 5.06. The van der Waals surface area contributed by atoms with Crippen molar-refractivity contribution in [1.29, 1.82) is 0 Å². The standard InChI is InChI=1S/C15H26N2O2/c16-11-3-1-2-10(8-11)4-7-15(18)17-13-9-12-5-6-14(13)19-12/h10-14H,1-9,16H2,(H,17,18). The molecule has 3 N–H and O–H groups in total. The summed E-state index contributed by atoms with van der Waals surface area (Å²) in [5.74, 6) is 0.867. The van der Waals surface area contributed by atoms with Crippen LogP contribution in [0.3, 0.4) is 0 Å². The van der Waals surface area contributed by atoms with Crippen molar-refractivity contribution in [3.8, 4) is 0 Å². The Labute approximate surface area is 115 Å². The van der Waals surface area contributed by atoms with Crippen molar-refractivity contribution in [1.82, 2.24) is 5.32 Å².